The second-order valence-electron chi connectivity index (χ2n) is 7.11. The first-order valence-electron chi connectivity index (χ1n) is 8.89. The molecule has 0 aliphatic heterocycles. The summed E-state index contributed by atoms with van der Waals surface area (Å²) in [5.74, 6) is 1.53. The van der Waals surface area contributed by atoms with Crippen LogP contribution < -0.4 is 5.69 Å². The standard InChI is InChI=1S/C17H29N3O3S/c1-5-8-20-16(22)18-19-17(20)24-10-15(21)23-14-9-12(4)6-7-13(14)11(2)3/h11-14H,5-10H2,1-4H3,(H,18,22)/t12-,13-,14+/m0/s1. The van der Waals surface area contributed by atoms with Crippen molar-refractivity contribution in [2.24, 2.45) is 17.8 Å². The number of carbonyl (C=O) groups excluding carboxylic acids is 1. The zero-order valence-corrected chi connectivity index (χ0v) is 15.9. The van der Waals surface area contributed by atoms with Crippen LogP contribution in [-0.2, 0) is 16.1 Å². The van der Waals surface area contributed by atoms with Gasteiger partial charge in [-0.05, 0) is 37.0 Å². The van der Waals surface area contributed by atoms with Crippen molar-refractivity contribution in [2.75, 3.05) is 5.75 Å². The van der Waals surface area contributed by atoms with E-state index in [-0.39, 0.29) is 23.5 Å². The summed E-state index contributed by atoms with van der Waals surface area (Å²) in [5.41, 5.74) is -0.228. The predicted molar refractivity (Wildman–Crippen MR) is 95.1 cm³/mol. The molecule has 1 aliphatic rings. The number of thioether (sulfide) groups is 1. The average Bonchev–Trinajstić information content (AvgIpc) is 2.86. The van der Waals surface area contributed by atoms with E-state index in [1.54, 1.807) is 4.57 Å². The molecule has 0 spiro atoms. The number of carbonyl (C=O) groups is 1. The summed E-state index contributed by atoms with van der Waals surface area (Å²) < 4.78 is 7.35. The lowest BCUT2D eigenvalue weighted by Crippen LogP contribution is -2.36. The van der Waals surface area contributed by atoms with Crippen molar-refractivity contribution in [1.29, 1.82) is 0 Å². The van der Waals surface area contributed by atoms with Crippen LogP contribution in [0.2, 0.25) is 0 Å². The van der Waals surface area contributed by atoms with Crippen LogP contribution in [-0.4, -0.2) is 32.6 Å². The number of aromatic amines is 1. The molecule has 1 fully saturated rings. The van der Waals surface area contributed by atoms with Gasteiger partial charge in [0.15, 0.2) is 5.16 Å². The van der Waals surface area contributed by atoms with Crippen LogP contribution in [0.15, 0.2) is 9.95 Å². The fraction of sp³-hybridized carbons (Fsp3) is 0.824. The Balaban J connectivity index is 1.91. The number of hydrogen-bond donors (Lipinski definition) is 1. The van der Waals surface area contributed by atoms with Crippen LogP contribution in [0.4, 0.5) is 0 Å². The lowest BCUT2D eigenvalue weighted by molar-refractivity contribution is -0.152. The summed E-state index contributed by atoms with van der Waals surface area (Å²) in [4.78, 5) is 23.9. The molecule has 1 aromatic heterocycles. The summed E-state index contributed by atoms with van der Waals surface area (Å²) in [6, 6.07) is 0. The molecule has 0 radical (unpaired) electrons. The molecule has 0 amide bonds. The number of aromatic nitrogens is 3. The van der Waals surface area contributed by atoms with Gasteiger partial charge in [0.05, 0.1) is 5.75 Å². The van der Waals surface area contributed by atoms with Crippen molar-refractivity contribution in [3.05, 3.63) is 10.5 Å². The Labute approximate surface area is 147 Å². The van der Waals surface area contributed by atoms with E-state index >= 15 is 0 Å². The SMILES string of the molecule is CCCn1c(SCC(=O)O[C@@H]2C[C@@H](C)CC[C@H]2C(C)C)n[nH]c1=O. The smallest absolute Gasteiger partial charge is 0.343 e. The number of esters is 1. The number of nitrogens with one attached hydrogen (secondary N) is 1. The minimum absolute atomic E-state index is 0.0128. The maximum atomic E-state index is 12.3. The van der Waals surface area contributed by atoms with E-state index in [1.807, 2.05) is 6.92 Å². The average molecular weight is 356 g/mol. The molecule has 0 saturated heterocycles. The summed E-state index contributed by atoms with van der Waals surface area (Å²) in [5, 5.41) is 6.98. The Morgan fingerprint density at radius 2 is 2.21 bits per heavy atom. The highest BCUT2D eigenvalue weighted by Gasteiger charge is 2.33. The maximum absolute atomic E-state index is 12.3. The van der Waals surface area contributed by atoms with Gasteiger partial charge in [0, 0.05) is 6.54 Å². The number of hydrogen-bond acceptors (Lipinski definition) is 5. The Bertz CT molecular complexity index is 596. The van der Waals surface area contributed by atoms with Crippen molar-refractivity contribution in [2.45, 2.75) is 71.2 Å². The van der Waals surface area contributed by atoms with E-state index in [0.29, 0.717) is 29.5 Å². The highest BCUT2D eigenvalue weighted by molar-refractivity contribution is 7.99. The number of nitrogens with zero attached hydrogens (tertiary/aromatic N) is 2. The largest absolute Gasteiger partial charge is 0.461 e. The molecular formula is C17H29N3O3S. The molecule has 1 saturated carbocycles. The van der Waals surface area contributed by atoms with Crippen molar-refractivity contribution in [1.82, 2.24) is 14.8 Å². The lowest BCUT2D eigenvalue weighted by Gasteiger charge is -2.36. The lowest BCUT2D eigenvalue weighted by atomic mass is 9.75. The van der Waals surface area contributed by atoms with Gasteiger partial charge in [-0.25, -0.2) is 9.89 Å². The Kier molecular flexibility index (Phi) is 6.95. The van der Waals surface area contributed by atoms with Crippen molar-refractivity contribution in [3.8, 4) is 0 Å². The van der Waals surface area contributed by atoms with E-state index in [1.165, 1.54) is 18.2 Å². The first-order chi connectivity index (χ1) is 11.4. The van der Waals surface area contributed by atoms with Gasteiger partial charge in [0.25, 0.3) is 0 Å². The highest BCUT2D eigenvalue weighted by Crippen LogP contribution is 2.35. The van der Waals surface area contributed by atoms with E-state index in [4.69, 9.17) is 4.74 Å². The molecule has 1 aromatic rings. The van der Waals surface area contributed by atoms with Gasteiger partial charge in [-0.2, -0.15) is 0 Å². The predicted octanol–water partition coefficient (Wildman–Crippen LogP) is 3.08. The molecule has 2 rings (SSSR count). The Hall–Kier alpha value is -1.24. The monoisotopic (exact) mass is 355 g/mol. The summed E-state index contributed by atoms with van der Waals surface area (Å²) in [7, 11) is 0. The Morgan fingerprint density at radius 3 is 2.88 bits per heavy atom. The van der Waals surface area contributed by atoms with Gasteiger partial charge in [-0.15, -0.1) is 5.10 Å². The fourth-order valence-corrected chi connectivity index (χ4v) is 4.17. The quantitative estimate of drug-likeness (QED) is 0.601. The third-order valence-corrected chi connectivity index (χ3v) is 5.68. The minimum Gasteiger partial charge on any atom is -0.461 e. The number of rotatable bonds is 7. The van der Waals surface area contributed by atoms with Gasteiger partial charge in [-0.3, -0.25) is 9.36 Å². The first-order valence-corrected chi connectivity index (χ1v) is 9.88. The zero-order valence-electron chi connectivity index (χ0n) is 15.1. The van der Waals surface area contributed by atoms with E-state index < -0.39 is 0 Å². The molecule has 0 unspecified atom stereocenters. The summed E-state index contributed by atoms with van der Waals surface area (Å²) in [6.45, 7) is 9.22. The molecule has 6 nitrogen and oxygen atoms in total. The van der Waals surface area contributed by atoms with Gasteiger partial charge < -0.3 is 4.74 Å². The molecule has 0 bridgehead atoms. The van der Waals surface area contributed by atoms with Crippen LogP contribution in [0.5, 0.6) is 0 Å². The van der Waals surface area contributed by atoms with Gasteiger partial charge in [0.2, 0.25) is 0 Å². The molecule has 7 heteroatoms. The second-order valence-corrected chi connectivity index (χ2v) is 8.05. The first kappa shape index (κ1) is 19.1. The van der Waals surface area contributed by atoms with E-state index in [2.05, 4.69) is 31.0 Å². The molecule has 1 heterocycles. The molecule has 24 heavy (non-hydrogen) atoms. The van der Waals surface area contributed by atoms with Crippen LogP contribution in [0.1, 0.15) is 53.4 Å². The van der Waals surface area contributed by atoms with E-state index in [0.717, 1.165) is 19.3 Å². The number of H-pyrrole nitrogens is 1. The third-order valence-electron chi connectivity index (χ3n) is 4.73. The topological polar surface area (TPSA) is 77.0 Å². The van der Waals surface area contributed by atoms with Crippen LogP contribution in [0.3, 0.4) is 0 Å². The fourth-order valence-electron chi connectivity index (χ4n) is 3.41. The summed E-state index contributed by atoms with van der Waals surface area (Å²) >= 11 is 1.26. The Morgan fingerprint density at radius 1 is 1.46 bits per heavy atom. The van der Waals surface area contributed by atoms with Crippen LogP contribution in [0, 0.1) is 17.8 Å². The van der Waals surface area contributed by atoms with Crippen molar-refractivity contribution in [3.63, 3.8) is 0 Å². The van der Waals surface area contributed by atoms with Crippen LogP contribution >= 0.6 is 11.8 Å². The van der Waals surface area contributed by atoms with Crippen LogP contribution in [0.25, 0.3) is 0 Å². The van der Waals surface area contributed by atoms with Gasteiger partial charge >= 0.3 is 11.7 Å². The molecule has 1 aliphatic carbocycles. The van der Waals surface area contributed by atoms with E-state index in [9.17, 15) is 9.59 Å². The molecule has 136 valence electrons. The second kappa shape index (κ2) is 8.74. The van der Waals surface area contributed by atoms with Crippen molar-refractivity contribution < 1.29 is 9.53 Å². The normalized spacial score (nSPS) is 24.3. The minimum atomic E-state index is -0.228. The zero-order chi connectivity index (χ0) is 17.7. The van der Waals surface area contributed by atoms with Gasteiger partial charge in [0.1, 0.15) is 6.10 Å². The molecule has 3 atom stereocenters. The molecular weight excluding hydrogens is 326 g/mol. The number of ether oxygens (including phenoxy) is 1. The highest BCUT2D eigenvalue weighted by atomic mass is 32.2. The third kappa shape index (κ3) is 4.88. The summed E-state index contributed by atoms with van der Waals surface area (Å²) in [6.07, 6.45) is 4.14. The molecule has 0 aromatic carbocycles. The molecule has 1 N–H and O–H groups in total. The maximum Gasteiger partial charge on any atom is 0.343 e. The van der Waals surface area contributed by atoms with Gasteiger partial charge in [-0.1, -0.05) is 45.9 Å². The van der Waals surface area contributed by atoms with Crippen molar-refractivity contribution >= 4 is 17.7 Å².